The van der Waals surface area contributed by atoms with Crippen molar-refractivity contribution in [2.75, 3.05) is 31.1 Å². The Kier molecular flexibility index (Phi) is 5.71. The van der Waals surface area contributed by atoms with Crippen LogP contribution in [0.25, 0.3) is 0 Å². The van der Waals surface area contributed by atoms with Crippen molar-refractivity contribution in [2.45, 2.75) is 13.0 Å². The van der Waals surface area contributed by atoms with Gasteiger partial charge < -0.3 is 14.5 Å². The van der Waals surface area contributed by atoms with Crippen LogP contribution in [0.1, 0.15) is 6.92 Å². The van der Waals surface area contributed by atoms with Gasteiger partial charge in [0.15, 0.2) is 6.10 Å². The number of benzene rings is 2. The number of amides is 1. The SMILES string of the molecule is CC(Oc1cccc(Cl)c1)C(=O)N1CCN(c2ccc(Cl)cc2)CC1. The van der Waals surface area contributed by atoms with Gasteiger partial charge in [-0.3, -0.25) is 4.79 Å². The normalized spacial score (nSPS) is 15.8. The summed E-state index contributed by atoms with van der Waals surface area (Å²) in [4.78, 5) is 16.7. The Bertz CT molecular complexity index is 728. The summed E-state index contributed by atoms with van der Waals surface area (Å²) in [5, 5.41) is 1.32. The maximum absolute atomic E-state index is 12.6. The van der Waals surface area contributed by atoms with E-state index in [1.807, 2.05) is 29.2 Å². The van der Waals surface area contributed by atoms with E-state index in [-0.39, 0.29) is 5.91 Å². The van der Waals surface area contributed by atoms with Gasteiger partial charge in [0.1, 0.15) is 5.75 Å². The second-order valence-corrected chi connectivity index (χ2v) is 6.88. The van der Waals surface area contributed by atoms with Gasteiger partial charge in [0.2, 0.25) is 0 Å². The van der Waals surface area contributed by atoms with Crippen molar-refractivity contribution in [1.82, 2.24) is 4.90 Å². The molecule has 0 N–H and O–H groups in total. The average molecular weight is 379 g/mol. The molecule has 0 saturated carbocycles. The molecule has 1 aliphatic rings. The minimum absolute atomic E-state index is 0.00395. The number of hydrogen-bond donors (Lipinski definition) is 0. The van der Waals surface area contributed by atoms with Gasteiger partial charge in [-0.25, -0.2) is 0 Å². The molecule has 4 nitrogen and oxygen atoms in total. The molecule has 1 unspecified atom stereocenters. The first-order chi connectivity index (χ1) is 12.0. The summed E-state index contributed by atoms with van der Waals surface area (Å²) in [5.41, 5.74) is 1.12. The molecule has 0 aliphatic carbocycles. The van der Waals surface area contributed by atoms with E-state index in [1.54, 1.807) is 31.2 Å². The molecular weight excluding hydrogens is 359 g/mol. The highest BCUT2D eigenvalue weighted by molar-refractivity contribution is 6.30. The predicted molar refractivity (Wildman–Crippen MR) is 102 cm³/mol. The zero-order chi connectivity index (χ0) is 17.8. The Morgan fingerprint density at radius 2 is 1.68 bits per heavy atom. The van der Waals surface area contributed by atoms with Crippen molar-refractivity contribution >= 4 is 34.8 Å². The second-order valence-electron chi connectivity index (χ2n) is 6.01. The van der Waals surface area contributed by atoms with Gasteiger partial charge in [-0.15, -0.1) is 0 Å². The standard InChI is InChI=1S/C19H20Cl2N2O2/c1-14(25-18-4-2-3-16(21)13-18)19(24)23-11-9-22(10-12-23)17-7-5-15(20)6-8-17/h2-8,13-14H,9-12H2,1H3. The summed E-state index contributed by atoms with van der Waals surface area (Å²) in [7, 11) is 0. The molecule has 25 heavy (non-hydrogen) atoms. The predicted octanol–water partition coefficient (Wildman–Crippen LogP) is 4.11. The fourth-order valence-corrected chi connectivity index (χ4v) is 3.20. The fourth-order valence-electron chi connectivity index (χ4n) is 2.89. The van der Waals surface area contributed by atoms with Crippen LogP contribution in [0.5, 0.6) is 5.75 Å². The van der Waals surface area contributed by atoms with E-state index in [2.05, 4.69) is 4.90 Å². The number of halogens is 2. The zero-order valence-corrected chi connectivity index (χ0v) is 15.5. The highest BCUT2D eigenvalue weighted by Gasteiger charge is 2.26. The van der Waals surface area contributed by atoms with Crippen LogP contribution >= 0.6 is 23.2 Å². The zero-order valence-electron chi connectivity index (χ0n) is 14.0. The van der Waals surface area contributed by atoms with Crippen molar-refractivity contribution < 1.29 is 9.53 Å². The lowest BCUT2D eigenvalue weighted by Crippen LogP contribution is -2.52. The van der Waals surface area contributed by atoms with E-state index < -0.39 is 6.10 Å². The van der Waals surface area contributed by atoms with Crippen molar-refractivity contribution in [3.05, 3.63) is 58.6 Å². The molecule has 0 spiro atoms. The van der Waals surface area contributed by atoms with Crippen LogP contribution in [0.2, 0.25) is 10.0 Å². The number of ether oxygens (including phenoxy) is 1. The highest BCUT2D eigenvalue weighted by Crippen LogP contribution is 2.21. The molecule has 1 heterocycles. The monoisotopic (exact) mass is 378 g/mol. The third kappa shape index (κ3) is 4.59. The van der Waals surface area contributed by atoms with E-state index in [9.17, 15) is 4.79 Å². The maximum atomic E-state index is 12.6. The quantitative estimate of drug-likeness (QED) is 0.802. The number of nitrogens with zero attached hydrogens (tertiary/aromatic N) is 2. The van der Waals surface area contributed by atoms with Crippen LogP contribution < -0.4 is 9.64 Å². The summed E-state index contributed by atoms with van der Waals surface area (Å²) in [5.74, 6) is 0.601. The summed E-state index contributed by atoms with van der Waals surface area (Å²) in [6.45, 7) is 4.69. The number of anilines is 1. The summed E-state index contributed by atoms with van der Waals surface area (Å²) >= 11 is 11.9. The van der Waals surface area contributed by atoms with Crippen molar-refractivity contribution in [3.63, 3.8) is 0 Å². The van der Waals surface area contributed by atoms with Gasteiger partial charge in [0, 0.05) is 41.9 Å². The number of carbonyl (C=O) groups excluding carboxylic acids is 1. The van der Waals surface area contributed by atoms with Crippen LogP contribution in [-0.2, 0) is 4.79 Å². The minimum Gasteiger partial charge on any atom is -0.481 e. The van der Waals surface area contributed by atoms with E-state index in [0.717, 1.165) is 23.8 Å². The Hall–Kier alpha value is -1.91. The molecule has 2 aromatic carbocycles. The molecule has 1 aliphatic heterocycles. The molecule has 3 rings (SSSR count). The van der Waals surface area contributed by atoms with E-state index in [4.69, 9.17) is 27.9 Å². The molecule has 2 aromatic rings. The molecule has 6 heteroatoms. The van der Waals surface area contributed by atoms with Crippen LogP contribution in [0, 0.1) is 0 Å². The first kappa shape index (κ1) is 17.9. The maximum Gasteiger partial charge on any atom is 0.263 e. The lowest BCUT2D eigenvalue weighted by Gasteiger charge is -2.37. The number of rotatable bonds is 4. The number of hydrogen-bond acceptors (Lipinski definition) is 3. The van der Waals surface area contributed by atoms with E-state index >= 15 is 0 Å². The first-order valence-corrected chi connectivity index (χ1v) is 9.00. The Labute approximate surface area is 157 Å². The van der Waals surface area contributed by atoms with Crippen molar-refractivity contribution in [2.24, 2.45) is 0 Å². The number of carbonyl (C=O) groups is 1. The molecule has 1 amide bonds. The van der Waals surface area contributed by atoms with Crippen molar-refractivity contribution in [3.8, 4) is 5.75 Å². The lowest BCUT2D eigenvalue weighted by atomic mass is 10.2. The summed E-state index contributed by atoms with van der Waals surface area (Å²) < 4.78 is 5.73. The first-order valence-electron chi connectivity index (χ1n) is 8.24. The van der Waals surface area contributed by atoms with Crippen LogP contribution in [0.4, 0.5) is 5.69 Å². The van der Waals surface area contributed by atoms with Gasteiger partial charge in [-0.1, -0.05) is 29.3 Å². The van der Waals surface area contributed by atoms with Crippen LogP contribution in [0.3, 0.4) is 0 Å². The van der Waals surface area contributed by atoms with Gasteiger partial charge >= 0.3 is 0 Å². The van der Waals surface area contributed by atoms with Gasteiger partial charge in [0.25, 0.3) is 5.91 Å². The molecule has 0 radical (unpaired) electrons. The topological polar surface area (TPSA) is 32.8 Å². The third-order valence-corrected chi connectivity index (χ3v) is 4.73. The Morgan fingerprint density at radius 1 is 1.00 bits per heavy atom. The van der Waals surface area contributed by atoms with Gasteiger partial charge in [0.05, 0.1) is 0 Å². The molecule has 1 atom stereocenters. The van der Waals surface area contributed by atoms with Crippen molar-refractivity contribution in [1.29, 1.82) is 0 Å². The summed E-state index contributed by atoms with van der Waals surface area (Å²) in [6, 6.07) is 14.9. The third-order valence-electron chi connectivity index (χ3n) is 4.24. The second kappa shape index (κ2) is 7.98. The smallest absolute Gasteiger partial charge is 0.263 e. The van der Waals surface area contributed by atoms with Gasteiger partial charge in [-0.05, 0) is 49.4 Å². The Morgan fingerprint density at radius 3 is 2.32 bits per heavy atom. The lowest BCUT2D eigenvalue weighted by molar-refractivity contribution is -0.138. The average Bonchev–Trinajstić information content (AvgIpc) is 2.62. The number of piperazine rings is 1. The molecule has 1 fully saturated rings. The molecule has 0 bridgehead atoms. The van der Waals surface area contributed by atoms with E-state index in [0.29, 0.717) is 23.9 Å². The van der Waals surface area contributed by atoms with Crippen LogP contribution in [0.15, 0.2) is 48.5 Å². The minimum atomic E-state index is -0.541. The molecule has 132 valence electrons. The molecular formula is C19H20Cl2N2O2. The van der Waals surface area contributed by atoms with Crippen LogP contribution in [-0.4, -0.2) is 43.1 Å². The molecule has 0 aromatic heterocycles. The fraction of sp³-hybridized carbons (Fsp3) is 0.316. The highest BCUT2D eigenvalue weighted by atomic mass is 35.5. The van der Waals surface area contributed by atoms with Gasteiger partial charge in [-0.2, -0.15) is 0 Å². The van der Waals surface area contributed by atoms with E-state index in [1.165, 1.54) is 0 Å². The Balaban J connectivity index is 1.54. The molecule has 1 saturated heterocycles. The summed E-state index contributed by atoms with van der Waals surface area (Å²) in [6.07, 6.45) is -0.541. The largest absolute Gasteiger partial charge is 0.481 e.